The molecule has 0 bridgehead atoms. The van der Waals surface area contributed by atoms with Crippen molar-refractivity contribution in [3.8, 4) is 11.3 Å². The number of fused-ring (bicyclic) bond motifs is 1. The molecule has 0 aliphatic heterocycles. The summed E-state index contributed by atoms with van der Waals surface area (Å²) in [4.78, 5) is 24.4. The highest BCUT2D eigenvalue weighted by Gasteiger charge is 2.20. The Morgan fingerprint density at radius 2 is 2.04 bits per heavy atom. The number of nitro benzene ring substituents is 1. The Hall–Kier alpha value is -3.26. The number of nitro groups is 1. The first kappa shape index (κ1) is 18.1. The summed E-state index contributed by atoms with van der Waals surface area (Å²) in [6.07, 6.45) is 5.64. The molecule has 1 aliphatic carbocycles. The first-order valence-electron chi connectivity index (χ1n) is 8.90. The maximum atomic E-state index is 12.4. The molecule has 1 N–H and O–H groups in total. The number of carbonyl (C=O) groups excluding carboxylic acids is 1. The topological polar surface area (TPSA) is 97.7 Å². The van der Waals surface area contributed by atoms with E-state index in [4.69, 9.17) is 4.42 Å². The molecule has 0 unspecified atom stereocenters. The van der Waals surface area contributed by atoms with Crippen LogP contribution in [0.5, 0.6) is 0 Å². The van der Waals surface area contributed by atoms with E-state index in [1.165, 1.54) is 23.6 Å². The summed E-state index contributed by atoms with van der Waals surface area (Å²) in [5, 5.41) is 17.0. The Bertz CT molecular complexity index is 1070. The predicted octanol–water partition coefficient (Wildman–Crippen LogP) is 4.56. The second kappa shape index (κ2) is 7.77. The van der Waals surface area contributed by atoms with Gasteiger partial charge in [0.05, 0.1) is 22.3 Å². The fraction of sp³-hybridized carbons (Fsp3) is 0.200. The van der Waals surface area contributed by atoms with Gasteiger partial charge >= 0.3 is 0 Å². The normalized spacial score (nSPS) is 13.4. The van der Waals surface area contributed by atoms with Crippen molar-refractivity contribution in [2.75, 3.05) is 0 Å². The van der Waals surface area contributed by atoms with Crippen molar-refractivity contribution < 1.29 is 14.1 Å². The summed E-state index contributed by atoms with van der Waals surface area (Å²) in [5.74, 6) is 0.522. The predicted molar refractivity (Wildman–Crippen MR) is 107 cm³/mol. The van der Waals surface area contributed by atoms with Crippen LogP contribution in [0.2, 0.25) is 0 Å². The Kier molecular flexibility index (Phi) is 5.03. The number of thiophene rings is 1. The zero-order valence-corrected chi connectivity index (χ0v) is 15.7. The number of hydrogen-bond donors (Lipinski definition) is 1. The second-order valence-electron chi connectivity index (χ2n) is 6.43. The molecule has 0 fully saturated rings. The third-order valence-corrected chi connectivity index (χ3v) is 5.75. The molecule has 0 radical (unpaired) electrons. The average molecular weight is 395 g/mol. The van der Waals surface area contributed by atoms with Gasteiger partial charge in [0, 0.05) is 16.3 Å². The molecule has 142 valence electrons. The van der Waals surface area contributed by atoms with Crippen LogP contribution in [0.3, 0.4) is 0 Å². The van der Waals surface area contributed by atoms with Crippen LogP contribution in [0.25, 0.3) is 11.3 Å². The molecule has 0 atom stereocenters. The van der Waals surface area contributed by atoms with Gasteiger partial charge in [0.25, 0.3) is 11.6 Å². The lowest BCUT2D eigenvalue weighted by molar-refractivity contribution is -0.384. The fourth-order valence-electron chi connectivity index (χ4n) is 3.31. The number of hydrazone groups is 1. The van der Waals surface area contributed by atoms with Gasteiger partial charge < -0.3 is 4.42 Å². The summed E-state index contributed by atoms with van der Waals surface area (Å²) in [7, 11) is 0. The van der Waals surface area contributed by atoms with Gasteiger partial charge in [0.2, 0.25) is 0 Å². The molecule has 3 aromatic rings. The second-order valence-corrected chi connectivity index (χ2v) is 7.40. The van der Waals surface area contributed by atoms with E-state index in [0.29, 0.717) is 22.6 Å². The third-order valence-electron chi connectivity index (χ3n) is 4.66. The van der Waals surface area contributed by atoms with Crippen LogP contribution in [-0.2, 0) is 12.8 Å². The Morgan fingerprint density at radius 3 is 2.89 bits per heavy atom. The van der Waals surface area contributed by atoms with Crippen molar-refractivity contribution >= 4 is 29.1 Å². The minimum absolute atomic E-state index is 0.0316. The largest absolute Gasteiger partial charge is 0.455 e. The quantitative estimate of drug-likeness (QED) is 0.389. The molecule has 1 amide bonds. The van der Waals surface area contributed by atoms with E-state index in [1.807, 2.05) is 5.38 Å². The number of para-hydroxylation sites is 1. The van der Waals surface area contributed by atoms with Gasteiger partial charge in [-0.05, 0) is 49.4 Å². The van der Waals surface area contributed by atoms with Gasteiger partial charge in [-0.2, -0.15) is 5.10 Å². The summed E-state index contributed by atoms with van der Waals surface area (Å²) in [5.41, 5.74) is 4.72. The molecule has 28 heavy (non-hydrogen) atoms. The van der Waals surface area contributed by atoms with E-state index in [0.717, 1.165) is 24.8 Å². The van der Waals surface area contributed by atoms with Crippen molar-refractivity contribution in [3.63, 3.8) is 0 Å². The van der Waals surface area contributed by atoms with Crippen molar-refractivity contribution in [3.05, 3.63) is 73.7 Å². The maximum absolute atomic E-state index is 12.4. The smallest absolute Gasteiger partial charge is 0.280 e. The standard InChI is InChI=1S/C20H17N3O4S/c24-20(16-12-28-19-8-4-2-5-14(16)19)22-21-11-13-9-10-18(27-13)15-6-1-3-7-17(15)23(25)26/h1,3,6-7,9-12H,2,4-5,8H2,(H,22,24). The van der Waals surface area contributed by atoms with Crippen molar-refractivity contribution in [1.82, 2.24) is 5.43 Å². The molecular weight excluding hydrogens is 378 g/mol. The number of nitrogens with zero attached hydrogens (tertiary/aromatic N) is 2. The average Bonchev–Trinajstić information content (AvgIpc) is 3.35. The molecule has 0 saturated carbocycles. The van der Waals surface area contributed by atoms with Gasteiger partial charge in [-0.15, -0.1) is 11.3 Å². The SMILES string of the molecule is O=C(NN=Cc1ccc(-c2ccccc2[N+](=O)[O-])o1)c1csc2c1CCCC2. The highest BCUT2D eigenvalue weighted by Crippen LogP contribution is 2.31. The highest BCUT2D eigenvalue weighted by molar-refractivity contribution is 7.10. The number of carbonyl (C=O) groups is 1. The fourth-order valence-corrected chi connectivity index (χ4v) is 4.43. The van der Waals surface area contributed by atoms with E-state index in [-0.39, 0.29) is 11.6 Å². The zero-order valence-electron chi connectivity index (χ0n) is 14.9. The molecule has 8 heteroatoms. The number of aryl methyl sites for hydroxylation is 1. The van der Waals surface area contributed by atoms with E-state index >= 15 is 0 Å². The Morgan fingerprint density at radius 1 is 1.21 bits per heavy atom. The van der Waals surface area contributed by atoms with Crippen LogP contribution >= 0.6 is 11.3 Å². The molecule has 4 rings (SSSR count). The summed E-state index contributed by atoms with van der Waals surface area (Å²) in [6, 6.07) is 9.65. The highest BCUT2D eigenvalue weighted by atomic mass is 32.1. The number of rotatable bonds is 5. The number of nitrogens with one attached hydrogen (secondary N) is 1. The van der Waals surface area contributed by atoms with E-state index < -0.39 is 4.92 Å². The summed E-state index contributed by atoms with van der Waals surface area (Å²) in [6.45, 7) is 0. The lowest BCUT2D eigenvalue weighted by atomic mass is 9.96. The molecule has 2 heterocycles. The molecule has 2 aromatic heterocycles. The molecule has 7 nitrogen and oxygen atoms in total. The number of furan rings is 1. The first-order valence-corrected chi connectivity index (χ1v) is 9.77. The van der Waals surface area contributed by atoms with Gasteiger partial charge in [-0.3, -0.25) is 14.9 Å². The van der Waals surface area contributed by atoms with Crippen LogP contribution in [0.15, 0.2) is 51.3 Å². The number of benzene rings is 1. The van der Waals surface area contributed by atoms with Crippen LogP contribution in [0.1, 0.15) is 39.4 Å². The number of hydrogen-bond acceptors (Lipinski definition) is 6. The van der Waals surface area contributed by atoms with Gasteiger partial charge in [0.15, 0.2) is 0 Å². The van der Waals surface area contributed by atoms with Crippen LogP contribution in [0.4, 0.5) is 5.69 Å². The van der Waals surface area contributed by atoms with E-state index in [2.05, 4.69) is 10.5 Å². The third kappa shape index (κ3) is 3.59. The minimum atomic E-state index is -0.451. The van der Waals surface area contributed by atoms with Crippen molar-refractivity contribution in [2.24, 2.45) is 5.10 Å². The van der Waals surface area contributed by atoms with Crippen molar-refractivity contribution in [2.45, 2.75) is 25.7 Å². The molecule has 1 aromatic carbocycles. The lowest BCUT2D eigenvalue weighted by Crippen LogP contribution is -2.19. The lowest BCUT2D eigenvalue weighted by Gasteiger charge is -2.11. The Balaban J connectivity index is 1.46. The summed E-state index contributed by atoms with van der Waals surface area (Å²) < 4.78 is 5.62. The number of amides is 1. The van der Waals surface area contributed by atoms with Crippen LogP contribution in [0, 0.1) is 10.1 Å². The molecule has 1 aliphatic rings. The van der Waals surface area contributed by atoms with Crippen LogP contribution in [-0.4, -0.2) is 17.0 Å². The monoisotopic (exact) mass is 395 g/mol. The summed E-state index contributed by atoms with van der Waals surface area (Å²) >= 11 is 1.63. The van der Waals surface area contributed by atoms with Crippen molar-refractivity contribution in [1.29, 1.82) is 0 Å². The van der Waals surface area contributed by atoms with Gasteiger partial charge in [0.1, 0.15) is 11.5 Å². The van der Waals surface area contributed by atoms with Gasteiger partial charge in [-0.25, -0.2) is 5.43 Å². The molecule has 0 spiro atoms. The molecular formula is C20H17N3O4S. The maximum Gasteiger partial charge on any atom is 0.280 e. The molecule has 0 saturated heterocycles. The van der Waals surface area contributed by atoms with Crippen LogP contribution < -0.4 is 5.43 Å². The zero-order chi connectivity index (χ0) is 19.5. The minimum Gasteiger partial charge on any atom is -0.455 e. The van der Waals surface area contributed by atoms with Gasteiger partial charge in [-0.1, -0.05) is 12.1 Å². The van der Waals surface area contributed by atoms with E-state index in [1.54, 1.807) is 41.7 Å². The Labute approximate surface area is 164 Å². The van der Waals surface area contributed by atoms with E-state index in [9.17, 15) is 14.9 Å². The first-order chi connectivity index (χ1) is 13.6.